The molecule has 3 heteroatoms. The Kier molecular flexibility index (Phi) is 2.92. The van der Waals surface area contributed by atoms with E-state index >= 15 is 0 Å². The molecule has 0 aliphatic carbocycles. The highest BCUT2D eigenvalue weighted by Gasteiger charge is 2.18. The van der Waals surface area contributed by atoms with Crippen LogP contribution in [-0.4, -0.2) is 17.6 Å². The molecule has 1 atom stereocenters. The van der Waals surface area contributed by atoms with Crippen LogP contribution in [-0.2, 0) is 6.54 Å². The van der Waals surface area contributed by atoms with Gasteiger partial charge in [0.2, 0.25) is 5.88 Å². The molecule has 2 aromatic rings. The molecule has 3 nitrogen and oxygen atoms in total. The molecule has 0 fully saturated rings. The Bertz CT molecular complexity index is 580. The average molecular weight is 242 g/mol. The van der Waals surface area contributed by atoms with Crippen LogP contribution in [0.4, 0.5) is 0 Å². The van der Waals surface area contributed by atoms with Crippen LogP contribution >= 0.6 is 0 Å². The molecule has 1 aliphatic rings. The summed E-state index contributed by atoms with van der Waals surface area (Å²) in [7, 11) is 0. The van der Waals surface area contributed by atoms with Crippen molar-refractivity contribution in [2.24, 2.45) is 0 Å². The lowest BCUT2D eigenvalue weighted by Gasteiger charge is -2.14. The normalized spacial score (nSPS) is 19.1. The number of nitrogens with zero attached hydrogens (tertiary/aromatic N) is 1. The van der Waals surface area contributed by atoms with Crippen LogP contribution in [0.1, 0.15) is 24.5 Å². The molecule has 94 valence electrons. The van der Waals surface area contributed by atoms with Crippen LogP contribution < -0.4 is 10.1 Å². The van der Waals surface area contributed by atoms with Gasteiger partial charge in [0.05, 0.1) is 5.52 Å². The fourth-order valence-corrected chi connectivity index (χ4v) is 2.40. The van der Waals surface area contributed by atoms with E-state index in [-0.39, 0.29) is 6.10 Å². The second-order valence-electron chi connectivity index (χ2n) is 4.88. The molecule has 0 saturated heterocycles. The topological polar surface area (TPSA) is 34.2 Å². The molecular formula is C15H18N2O. The molecule has 0 saturated carbocycles. The van der Waals surface area contributed by atoms with E-state index in [2.05, 4.69) is 43.4 Å². The van der Waals surface area contributed by atoms with E-state index in [0.717, 1.165) is 36.5 Å². The second-order valence-corrected chi connectivity index (χ2v) is 4.88. The lowest BCUT2D eigenvalue weighted by Crippen LogP contribution is -2.27. The van der Waals surface area contributed by atoms with Gasteiger partial charge in [-0.15, -0.1) is 0 Å². The van der Waals surface area contributed by atoms with Crippen LogP contribution in [0.15, 0.2) is 24.3 Å². The van der Waals surface area contributed by atoms with Crippen LogP contribution in [0.5, 0.6) is 5.88 Å². The summed E-state index contributed by atoms with van der Waals surface area (Å²) < 4.78 is 6.00. The highest BCUT2D eigenvalue weighted by molar-refractivity contribution is 5.83. The zero-order valence-corrected chi connectivity index (χ0v) is 10.9. The Balaban J connectivity index is 2.13. The Morgan fingerprint density at radius 1 is 1.44 bits per heavy atom. The highest BCUT2D eigenvalue weighted by atomic mass is 16.5. The number of fused-ring (bicyclic) bond motifs is 2. The van der Waals surface area contributed by atoms with Crippen molar-refractivity contribution in [2.75, 3.05) is 6.54 Å². The van der Waals surface area contributed by atoms with E-state index in [1.807, 2.05) is 0 Å². The quantitative estimate of drug-likeness (QED) is 0.835. The maximum absolute atomic E-state index is 6.00. The van der Waals surface area contributed by atoms with Crippen molar-refractivity contribution in [1.29, 1.82) is 0 Å². The summed E-state index contributed by atoms with van der Waals surface area (Å²) in [6.45, 7) is 5.96. The van der Waals surface area contributed by atoms with Crippen LogP contribution in [0, 0.1) is 6.92 Å². The Morgan fingerprint density at radius 2 is 2.33 bits per heavy atom. The van der Waals surface area contributed by atoms with Crippen molar-refractivity contribution in [2.45, 2.75) is 32.9 Å². The molecule has 1 N–H and O–H groups in total. The van der Waals surface area contributed by atoms with Gasteiger partial charge in [-0.05, 0) is 25.0 Å². The van der Waals surface area contributed by atoms with E-state index in [1.165, 1.54) is 10.9 Å². The maximum Gasteiger partial charge on any atom is 0.218 e. The monoisotopic (exact) mass is 242 g/mol. The molecule has 1 aromatic heterocycles. The summed E-state index contributed by atoms with van der Waals surface area (Å²) in [6.07, 6.45) is 1.22. The number of ether oxygens (including phenoxy) is 1. The minimum Gasteiger partial charge on any atom is -0.473 e. The molecule has 0 spiro atoms. The van der Waals surface area contributed by atoms with Gasteiger partial charge < -0.3 is 10.1 Å². The van der Waals surface area contributed by atoms with Gasteiger partial charge in [-0.3, -0.25) is 0 Å². The number of para-hydroxylation sites is 1. The minimum absolute atomic E-state index is 0.222. The first-order chi connectivity index (χ1) is 8.78. The molecule has 2 heterocycles. The zero-order chi connectivity index (χ0) is 12.5. The molecular weight excluding hydrogens is 224 g/mol. The van der Waals surface area contributed by atoms with E-state index in [1.54, 1.807) is 0 Å². The Morgan fingerprint density at radius 3 is 3.17 bits per heavy atom. The number of aromatic nitrogens is 1. The molecule has 3 rings (SSSR count). The minimum atomic E-state index is 0.222. The van der Waals surface area contributed by atoms with E-state index in [4.69, 9.17) is 9.72 Å². The third kappa shape index (κ3) is 1.95. The SMILES string of the molecule is CCC1CNCc2cc3cccc(C)c3nc2O1. The number of nitrogens with one attached hydrogen (secondary N) is 1. The van der Waals surface area contributed by atoms with Gasteiger partial charge in [-0.1, -0.05) is 25.1 Å². The van der Waals surface area contributed by atoms with Crippen LogP contribution in [0.25, 0.3) is 10.9 Å². The van der Waals surface area contributed by atoms with Crippen molar-refractivity contribution < 1.29 is 4.74 Å². The van der Waals surface area contributed by atoms with Gasteiger partial charge in [0.1, 0.15) is 6.10 Å². The van der Waals surface area contributed by atoms with Crippen LogP contribution in [0.3, 0.4) is 0 Å². The van der Waals surface area contributed by atoms with Gasteiger partial charge >= 0.3 is 0 Å². The first kappa shape index (κ1) is 11.5. The molecule has 1 aliphatic heterocycles. The molecule has 0 bridgehead atoms. The molecule has 18 heavy (non-hydrogen) atoms. The smallest absolute Gasteiger partial charge is 0.218 e. The van der Waals surface area contributed by atoms with Gasteiger partial charge in [0.15, 0.2) is 0 Å². The number of aryl methyl sites for hydroxylation is 1. The lowest BCUT2D eigenvalue weighted by molar-refractivity contribution is 0.195. The third-order valence-electron chi connectivity index (χ3n) is 3.51. The van der Waals surface area contributed by atoms with Crippen molar-refractivity contribution in [3.63, 3.8) is 0 Å². The van der Waals surface area contributed by atoms with Gasteiger partial charge in [-0.25, -0.2) is 4.98 Å². The molecule has 0 radical (unpaired) electrons. The summed E-state index contributed by atoms with van der Waals surface area (Å²) in [5.41, 5.74) is 3.40. The number of hydrogen-bond acceptors (Lipinski definition) is 3. The predicted molar refractivity (Wildman–Crippen MR) is 72.9 cm³/mol. The Labute approximate surface area is 107 Å². The van der Waals surface area contributed by atoms with E-state index < -0.39 is 0 Å². The molecule has 1 aromatic carbocycles. The van der Waals surface area contributed by atoms with Gasteiger partial charge in [-0.2, -0.15) is 0 Å². The third-order valence-corrected chi connectivity index (χ3v) is 3.51. The fraction of sp³-hybridized carbons (Fsp3) is 0.400. The average Bonchev–Trinajstić information content (AvgIpc) is 2.58. The largest absolute Gasteiger partial charge is 0.473 e. The first-order valence-electron chi connectivity index (χ1n) is 6.54. The zero-order valence-electron chi connectivity index (χ0n) is 10.9. The molecule has 0 amide bonds. The van der Waals surface area contributed by atoms with E-state index in [9.17, 15) is 0 Å². The predicted octanol–water partition coefficient (Wildman–Crippen LogP) is 2.80. The summed E-state index contributed by atoms with van der Waals surface area (Å²) in [5.74, 6) is 0.800. The van der Waals surface area contributed by atoms with Crippen LogP contribution in [0.2, 0.25) is 0 Å². The second kappa shape index (κ2) is 4.58. The van der Waals surface area contributed by atoms with Crippen molar-refractivity contribution >= 4 is 10.9 Å². The first-order valence-corrected chi connectivity index (χ1v) is 6.54. The van der Waals surface area contributed by atoms with Crippen molar-refractivity contribution in [1.82, 2.24) is 10.3 Å². The van der Waals surface area contributed by atoms with Crippen molar-refractivity contribution in [3.05, 3.63) is 35.4 Å². The number of hydrogen-bond donors (Lipinski definition) is 1. The van der Waals surface area contributed by atoms with Gasteiger partial charge in [0, 0.05) is 24.0 Å². The van der Waals surface area contributed by atoms with E-state index in [0.29, 0.717) is 0 Å². The summed E-state index contributed by atoms with van der Waals surface area (Å²) >= 11 is 0. The Hall–Kier alpha value is -1.61. The number of rotatable bonds is 1. The number of benzene rings is 1. The summed E-state index contributed by atoms with van der Waals surface area (Å²) in [4.78, 5) is 4.71. The van der Waals surface area contributed by atoms with Gasteiger partial charge in [0.25, 0.3) is 0 Å². The maximum atomic E-state index is 6.00. The summed E-state index contributed by atoms with van der Waals surface area (Å²) in [5, 5.41) is 4.61. The van der Waals surface area contributed by atoms with Crippen molar-refractivity contribution in [3.8, 4) is 5.88 Å². The fourth-order valence-electron chi connectivity index (χ4n) is 2.40. The lowest BCUT2D eigenvalue weighted by atomic mass is 10.1. The highest BCUT2D eigenvalue weighted by Crippen LogP contribution is 2.26. The summed E-state index contributed by atoms with van der Waals surface area (Å²) in [6, 6.07) is 8.47. The molecule has 1 unspecified atom stereocenters. The number of pyridine rings is 1. The standard InChI is InChI=1S/C15H18N2O/c1-3-13-9-16-8-12-7-11-6-4-5-10(2)14(11)17-15(12)18-13/h4-7,13,16H,3,8-9H2,1-2H3.